The van der Waals surface area contributed by atoms with Gasteiger partial charge in [-0.1, -0.05) is 6.07 Å². The zero-order valence-corrected chi connectivity index (χ0v) is 10.9. The van der Waals surface area contributed by atoms with Crippen LogP contribution >= 0.6 is 0 Å². The number of hydrogen-bond acceptors (Lipinski definition) is 3. The molecule has 0 bridgehead atoms. The summed E-state index contributed by atoms with van der Waals surface area (Å²) in [5.74, 6) is -2.43. The molecule has 0 radical (unpaired) electrons. The van der Waals surface area contributed by atoms with E-state index < -0.39 is 33.7 Å². The highest BCUT2D eigenvalue weighted by Gasteiger charge is 2.24. The molecule has 2 rings (SSSR count). The van der Waals surface area contributed by atoms with E-state index in [4.69, 9.17) is 0 Å². The van der Waals surface area contributed by atoms with Crippen LogP contribution in [0, 0.1) is 21.7 Å². The van der Waals surface area contributed by atoms with Crippen LogP contribution in [0.3, 0.4) is 0 Å². The number of carbonyl (C=O) groups is 1. The van der Waals surface area contributed by atoms with Gasteiger partial charge in [0.15, 0.2) is 0 Å². The van der Waals surface area contributed by atoms with Gasteiger partial charge >= 0.3 is 5.69 Å². The van der Waals surface area contributed by atoms with Crippen LogP contribution in [0.5, 0.6) is 0 Å². The van der Waals surface area contributed by atoms with E-state index in [-0.39, 0.29) is 0 Å². The van der Waals surface area contributed by atoms with Crippen LogP contribution in [-0.4, -0.2) is 17.9 Å². The van der Waals surface area contributed by atoms with E-state index >= 15 is 0 Å². The SMILES string of the molecule is CN(C(=O)c1cccc([N+](=O)[O-])c1F)c1ccc(F)cc1. The quantitative estimate of drug-likeness (QED) is 0.645. The van der Waals surface area contributed by atoms with Crippen LogP contribution < -0.4 is 4.90 Å². The molecule has 0 aliphatic carbocycles. The van der Waals surface area contributed by atoms with Crippen LogP contribution in [0.4, 0.5) is 20.2 Å². The first-order valence-electron chi connectivity index (χ1n) is 5.88. The van der Waals surface area contributed by atoms with Gasteiger partial charge in [0.1, 0.15) is 5.82 Å². The topological polar surface area (TPSA) is 63.5 Å². The Labute approximate surface area is 118 Å². The fraction of sp³-hybridized carbons (Fsp3) is 0.0714. The van der Waals surface area contributed by atoms with Crippen LogP contribution in [0.2, 0.25) is 0 Å². The van der Waals surface area contributed by atoms with Crippen molar-refractivity contribution in [1.82, 2.24) is 0 Å². The molecule has 0 aliphatic heterocycles. The number of amides is 1. The van der Waals surface area contributed by atoms with Crippen molar-refractivity contribution >= 4 is 17.3 Å². The monoisotopic (exact) mass is 292 g/mol. The maximum atomic E-state index is 14.0. The van der Waals surface area contributed by atoms with Crippen LogP contribution in [0.25, 0.3) is 0 Å². The molecule has 0 aromatic heterocycles. The lowest BCUT2D eigenvalue weighted by Gasteiger charge is -2.17. The van der Waals surface area contributed by atoms with Gasteiger partial charge < -0.3 is 4.90 Å². The van der Waals surface area contributed by atoms with Gasteiger partial charge in [-0.25, -0.2) is 4.39 Å². The normalized spacial score (nSPS) is 10.2. The molecule has 21 heavy (non-hydrogen) atoms. The summed E-state index contributed by atoms with van der Waals surface area (Å²) < 4.78 is 26.8. The Morgan fingerprint density at radius 3 is 2.33 bits per heavy atom. The molecule has 0 atom stereocenters. The van der Waals surface area contributed by atoms with Gasteiger partial charge in [-0.05, 0) is 30.3 Å². The van der Waals surface area contributed by atoms with Crippen LogP contribution in [0.1, 0.15) is 10.4 Å². The predicted molar refractivity (Wildman–Crippen MR) is 72.2 cm³/mol. The first kappa shape index (κ1) is 14.6. The van der Waals surface area contributed by atoms with E-state index in [1.54, 1.807) is 0 Å². The molecule has 108 valence electrons. The van der Waals surface area contributed by atoms with Crippen LogP contribution in [-0.2, 0) is 0 Å². The standard InChI is InChI=1S/C14H10F2N2O3/c1-17(10-7-5-9(15)6-8-10)14(19)11-3-2-4-12(13(11)16)18(20)21/h2-8H,1H3. The minimum Gasteiger partial charge on any atom is -0.311 e. The van der Waals surface area contributed by atoms with Gasteiger partial charge in [-0.2, -0.15) is 4.39 Å². The number of hydrogen-bond donors (Lipinski definition) is 0. The predicted octanol–water partition coefficient (Wildman–Crippen LogP) is 3.15. The lowest BCUT2D eigenvalue weighted by molar-refractivity contribution is -0.387. The van der Waals surface area contributed by atoms with Gasteiger partial charge in [-0.15, -0.1) is 0 Å². The van der Waals surface area contributed by atoms with Crippen LogP contribution in [0.15, 0.2) is 42.5 Å². The largest absolute Gasteiger partial charge is 0.311 e. The van der Waals surface area contributed by atoms with Gasteiger partial charge in [-0.3, -0.25) is 14.9 Å². The molecule has 0 saturated heterocycles. The number of anilines is 1. The van der Waals surface area contributed by atoms with Crippen molar-refractivity contribution in [2.24, 2.45) is 0 Å². The molecule has 0 spiro atoms. The van der Waals surface area contributed by atoms with Gasteiger partial charge in [0.2, 0.25) is 5.82 Å². The summed E-state index contributed by atoms with van der Waals surface area (Å²) in [5.41, 5.74) is -0.850. The Balaban J connectivity index is 2.38. The molecular weight excluding hydrogens is 282 g/mol. The molecule has 7 heteroatoms. The third-order valence-corrected chi connectivity index (χ3v) is 2.92. The molecule has 1 amide bonds. The van der Waals surface area contributed by atoms with Gasteiger partial charge in [0.25, 0.3) is 5.91 Å². The fourth-order valence-corrected chi connectivity index (χ4v) is 1.79. The van der Waals surface area contributed by atoms with E-state index in [2.05, 4.69) is 0 Å². The second kappa shape index (κ2) is 5.66. The average molecular weight is 292 g/mol. The number of halogens is 2. The summed E-state index contributed by atoms with van der Waals surface area (Å²) in [4.78, 5) is 23.1. The molecule has 5 nitrogen and oxygen atoms in total. The third kappa shape index (κ3) is 2.86. The van der Waals surface area contributed by atoms with Gasteiger partial charge in [0, 0.05) is 18.8 Å². The highest BCUT2D eigenvalue weighted by atomic mass is 19.1. The smallest absolute Gasteiger partial charge is 0.305 e. The summed E-state index contributed by atoms with van der Waals surface area (Å²) in [6.07, 6.45) is 0. The van der Waals surface area contributed by atoms with Crippen molar-refractivity contribution in [2.45, 2.75) is 0 Å². The minimum absolute atomic E-state index is 0.340. The maximum absolute atomic E-state index is 14.0. The number of nitrogens with zero attached hydrogens (tertiary/aromatic N) is 2. The van der Waals surface area contributed by atoms with E-state index in [9.17, 15) is 23.7 Å². The minimum atomic E-state index is -1.19. The van der Waals surface area contributed by atoms with E-state index in [1.807, 2.05) is 0 Å². The van der Waals surface area contributed by atoms with Crippen molar-refractivity contribution in [3.05, 3.63) is 69.8 Å². The highest BCUT2D eigenvalue weighted by Crippen LogP contribution is 2.23. The van der Waals surface area contributed by atoms with E-state index in [0.717, 1.165) is 29.2 Å². The first-order valence-corrected chi connectivity index (χ1v) is 5.88. The Bertz CT molecular complexity index is 702. The van der Waals surface area contributed by atoms with Crippen molar-refractivity contribution in [3.8, 4) is 0 Å². The molecule has 0 N–H and O–H groups in total. The molecule has 0 unspecified atom stereocenters. The highest BCUT2D eigenvalue weighted by molar-refractivity contribution is 6.06. The van der Waals surface area contributed by atoms with Gasteiger partial charge in [0.05, 0.1) is 10.5 Å². The summed E-state index contributed by atoms with van der Waals surface area (Å²) in [7, 11) is 1.37. The van der Waals surface area contributed by atoms with Crippen molar-refractivity contribution in [2.75, 3.05) is 11.9 Å². The molecule has 0 heterocycles. The summed E-state index contributed by atoms with van der Waals surface area (Å²) in [6.45, 7) is 0. The Hall–Kier alpha value is -2.83. The Morgan fingerprint density at radius 1 is 1.14 bits per heavy atom. The van der Waals surface area contributed by atoms with Crippen molar-refractivity contribution in [3.63, 3.8) is 0 Å². The Morgan fingerprint density at radius 2 is 1.76 bits per heavy atom. The first-order chi connectivity index (χ1) is 9.91. The number of nitro benzene ring substituents is 1. The van der Waals surface area contributed by atoms with Crippen molar-refractivity contribution < 1.29 is 18.5 Å². The average Bonchev–Trinajstić information content (AvgIpc) is 2.46. The maximum Gasteiger partial charge on any atom is 0.305 e. The lowest BCUT2D eigenvalue weighted by Crippen LogP contribution is -2.27. The Kier molecular flexibility index (Phi) is 3.93. The number of rotatable bonds is 3. The van der Waals surface area contributed by atoms with E-state index in [1.165, 1.54) is 25.2 Å². The molecule has 0 fully saturated rings. The summed E-state index contributed by atoms with van der Waals surface area (Å²) >= 11 is 0. The fourth-order valence-electron chi connectivity index (χ4n) is 1.79. The number of benzene rings is 2. The number of nitro groups is 1. The third-order valence-electron chi connectivity index (χ3n) is 2.92. The summed E-state index contributed by atoms with van der Waals surface area (Å²) in [6, 6.07) is 8.37. The molecule has 0 aliphatic rings. The second-order valence-electron chi connectivity index (χ2n) is 4.24. The van der Waals surface area contributed by atoms with E-state index in [0.29, 0.717) is 5.69 Å². The zero-order valence-electron chi connectivity index (χ0n) is 10.9. The molecule has 2 aromatic rings. The summed E-state index contributed by atoms with van der Waals surface area (Å²) in [5, 5.41) is 10.7. The zero-order chi connectivity index (χ0) is 15.6. The van der Waals surface area contributed by atoms with Crippen molar-refractivity contribution in [1.29, 1.82) is 0 Å². The number of carbonyl (C=O) groups excluding carboxylic acids is 1. The lowest BCUT2D eigenvalue weighted by atomic mass is 10.1. The molecule has 0 saturated carbocycles. The molecule has 2 aromatic carbocycles. The second-order valence-corrected chi connectivity index (χ2v) is 4.24. The molecular formula is C14H10F2N2O3.